The molecule has 0 aliphatic rings. The highest BCUT2D eigenvalue weighted by Crippen LogP contribution is 2.10. The van der Waals surface area contributed by atoms with Crippen LogP contribution in [0, 0.1) is 0 Å². The van der Waals surface area contributed by atoms with Gasteiger partial charge in [0.15, 0.2) is 5.96 Å². The average Bonchev–Trinajstić information content (AvgIpc) is 3.29. The predicted octanol–water partition coefficient (Wildman–Crippen LogP) is 4.10. The number of para-hydroxylation sites is 1. The Bertz CT molecular complexity index is 841. The number of benzene rings is 1. The Morgan fingerprint density at radius 1 is 1.00 bits per heavy atom. The Morgan fingerprint density at radius 2 is 1.80 bits per heavy atom. The van der Waals surface area contributed by atoms with Gasteiger partial charge < -0.3 is 20.0 Å². The van der Waals surface area contributed by atoms with Crippen LogP contribution in [-0.4, -0.2) is 37.6 Å². The van der Waals surface area contributed by atoms with Gasteiger partial charge in [0.25, 0.3) is 0 Å². The number of furan rings is 1. The zero-order valence-corrected chi connectivity index (χ0v) is 19.7. The summed E-state index contributed by atoms with van der Waals surface area (Å²) in [4.78, 5) is 11.3. The molecular weight excluding hydrogens is 489 g/mol. The summed E-state index contributed by atoms with van der Waals surface area (Å²) in [5.74, 6) is 1.76. The molecule has 0 spiro atoms. The molecule has 0 amide bonds. The number of aliphatic imine (C=N–C) groups is 1. The highest BCUT2D eigenvalue weighted by atomic mass is 127. The van der Waals surface area contributed by atoms with Crippen molar-refractivity contribution in [1.29, 1.82) is 0 Å². The van der Waals surface area contributed by atoms with E-state index in [-0.39, 0.29) is 24.0 Å². The second kappa shape index (κ2) is 13.6. The van der Waals surface area contributed by atoms with Gasteiger partial charge in [-0.3, -0.25) is 4.98 Å². The Balaban J connectivity index is 0.00000320. The van der Waals surface area contributed by atoms with E-state index in [0.717, 1.165) is 49.9 Å². The van der Waals surface area contributed by atoms with Gasteiger partial charge in [-0.05, 0) is 42.8 Å². The minimum atomic E-state index is 0. The lowest BCUT2D eigenvalue weighted by atomic mass is 10.3. The fourth-order valence-corrected chi connectivity index (χ4v) is 2.92. The Labute approximate surface area is 195 Å². The fourth-order valence-electron chi connectivity index (χ4n) is 2.92. The van der Waals surface area contributed by atoms with Crippen molar-refractivity contribution in [3.05, 3.63) is 84.6 Å². The van der Waals surface area contributed by atoms with E-state index in [1.165, 1.54) is 5.69 Å². The van der Waals surface area contributed by atoms with Crippen molar-refractivity contribution >= 4 is 35.6 Å². The topological polar surface area (TPSA) is 65.7 Å². The van der Waals surface area contributed by atoms with Gasteiger partial charge in [-0.2, -0.15) is 0 Å². The Kier molecular flexibility index (Phi) is 10.8. The molecule has 0 aliphatic carbocycles. The van der Waals surface area contributed by atoms with Crippen molar-refractivity contribution < 1.29 is 4.42 Å². The Hall–Kier alpha value is -2.55. The molecule has 6 nitrogen and oxygen atoms in total. The predicted molar refractivity (Wildman–Crippen MR) is 134 cm³/mol. The first kappa shape index (κ1) is 23.7. The van der Waals surface area contributed by atoms with E-state index in [4.69, 9.17) is 4.42 Å². The van der Waals surface area contributed by atoms with Crippen LogP contribution in [-0.2, 0) is 13.0 Å². The van der Waals surface area contributed by atoms with Crippen LogP contribution in [0.25, 0.3) is 0 Å². The lowest BCUT2D eigenvalue weighted by Gasteiger charge is -2.19. The van der Waals surface area contributed by atoms with E-state index >= 15 is 0 Å². The number of hydrogen-bond acceptors (Lipinski definition) is 4. The number of nitrogens with one attached hydrogen (secondary N) is 2. The van der Waals surface area contributed by atoms with Crippen molar-refractivity contribution in [3.63, 3.8) is 0 Å². The molecule has 30 heavy (non-hydrogen) atoms. The summed E-state index contributed by atoms with van der Waals surface area (Å²) in [6.45, 7) is 3.11. The van der Waals surface area contributed by atoms with Crippen molar-refractivity contribution in [3.8, 4) is 0 Å². The number of halogens is 1. The van der Waals surface area contributed by atoms with E-state index in [0.29, 0.717) is 6.54 Å². The lowest BCUT2D eigenvalue weighted by molar-refractivity contribution is 0.506. The van der Waals surface area contributed by atoms with Crippen molar-refractivity contribution in [2.75, 3.05) is 31.6 Å². The molecule has 0 atom stereocenters. The van der Waals surface area contributed by atoms with Gasteiger partial charge >= 0.3 is 0 Å². The first-order valence-electron chi connectivity index (χ1n) is 10.0. The molecule has 0 saturated carbocycles. The minimum absolute atomic E-state index is 0. The largest absolute Gasteiger partial charge is 0.469 e. The number of hydrogen-bond donors (Lipinski definition) is 2. The maximum Gasteiger partial charge on any atom is 0.191 e. The van der Waals surface area contributed by atoms with Crippen molar-refractivity contribution in [2.45, 2.75) is 19.4 Å². The first-order chi connectivity index (χ1) is 14.3. The smallest absolute Gasteiger partial charge is 0.191 e. The summed E-state index contributed by atoms with van der Waals surface area (Å²) < 4.78 is 5.40. The van der Waals surface area contributed by atoms with Crippen LogP contribution in [0.5, 0.6) is 0 Å². The van der Waals surface area contributed by atoms with Crippen LogP contribution in [0.4, 0.5) is 5.69 Å². The number of rotatable bonds is 10. The molecular formula is C23H30IN5O. The van der Waals surface area contributed by atoms with Gasteiger partial charge in [0, 0.05) is 45.0 Å². The van der Waals surface area contributed by atoms with Crippen LogP contribution in [0.1, 0.15) is 17.9 Å². The van der Waals surface area contributed by atoms with Crippen LogP contribution in [0.3, 0.4) is 0 Å². The minimum Gasteiger partial charge on any atom is -0.469 e. The van der Waals surface area contributed by atoms with E-state index in [1.807, 2.05) is 36.4 Å². The van der Waals surface area contributed by atoms with Crippen LogP contribution in [0.2, 0.25) is 0 Å². The van der Waals surface area contributed by atoms with Crippen molar-refractivity contribution in [1.82, 2.24) is 15.6 Å². The Morgan fingerprint density at radius 3 is 2.53 bits per heavy atom. The number of aromatic nitrogens is 1. The number of pyridine rings is 1. The summed E-state index contributed by atoms with van der Waals surface area (Å²) in [7, 11) is 2.12. The van der Waals surface area contributed by atoms with Gasteiger partial charge in [-0.25, -0.2) is 4.99 Å². The van der Waals surface area contributed by atoms with Crippen LogP contribution >= 0.6 is 24.0 Å². The molecule has 1 aromatic carbocycles. The molecule has 0 unspecified atom stereocenters. The standard InChI is InChI=1S/C23H29N5O.HI/c1-28(21-10-3-2-4-11-21)17-8-15-25-23(26-16-13-22-12-7-18-29-22)27-19-20-9-5-6-14-24-20;/h2-7,9-12,14,18H,8,13,15-17,19H2,1H3,(H2,25,26,27);1H. The van der Waals surface area contributed by atoms with Crippen molar-refractivity contribution in [2.24, 2.45) is 4.99 Å². The number of nitrogens with zero attached hydrogens (tertiary/aromatic N) is 3. The second-order valence-corrected chi connectivity index (χ2v) is 6.78. The van der Waals surface area contributed by atoms with E-state index in [9.17, 15) is 0 Å². The molecule has 2 heterocycles. The van der Waals surface area contributed by atoms with E-state index < -0.39 is 0 Å². The zero-order valence-electron chi connectivity index (χ0n) is 17.3. The quantitative estimate of drug-likeness (QED) is 0.183. The summed E-state index contributed by atoms with van der Waals surface area (Å²) in [5.41, 5.74) is 2.18. The lowest BCUT2D eigenvalue weighted by Crippen LogP contribution is -2.39. The summed E-state index contributed by atoms with van der Waals surface area (Å²) in [5, 5.41) is 6.82. The highest BCUT2D eigenvalue weighted by molar-refractivity contribution is 14.0. The van der Waals surface area contributed by atoms with E-state index in [2.05, 4.69) is 56.8 Å². The summed E-state index contributed by atoms with van der Waals surface area (Å²) in [6, 6.07) is 20.2. The van der Waals surface area contributed by atoms with Crippen LogP contribution in [0.15, 0.2) is 82.5 Å². The molecule has 2 N–H and O–H groups in total. The molecule has 160 valence electrons. The van der Waals surface area contributed by atoms with Gasteiger partial charge in [-0.1, -0.05) is 24.3 Å². The monoisotopic (exact) mass is 519 g/mol. The number of guanidine groups is 1. The average molecular weight is 519 g/mol. The number of anilines is 1. The third kappa shape index (κ3) is 8.44. The summed E-state index contributed by atoms with van der Waals surface area (Å²) in [6.07, 6.45) is 5.32. The van der Waals surface area contributed by atoms with Gasteiger partial charge in [0.1, 0.15) is 5.76 Å². The molecule has 3 rings (SSSR count). The summed E-state index contributed by atoms with van der Waals surface area (Å²) >= 11 is 0. The normalized spacial score (nSPS) is 10.9. The third-order valence-electron chi connectivity index (χ3n) is 4.53. The SMILES string of the molecule is CN(CCCNC(=NCc1ccccn1)NCCc1ccco1)c1ccccc1.I. The fraction of sp³-hybridized carbons (Fsp3) is 0.304. The maximum atomic E-state index is 5.40. The van der Waals surface area contributed by atoms with Gasteiger partial charge in [0.2, 0.25) is 0 Å². The maximum absolute atomic E-state index is 5.40. The van der Waals surface area contributed by atoms with Crippen LogP contribution < -0.4 is 15.5 Å². The molecule has 0 aliphatic heterocycles. The first-order valence-corrected chi connectivity index (χ1v) is 10.0. The van der Waals surface area contributed by atoms with Gasteiger partial charge in [-0.15, -0.1) is 24.0 Å². The van der Waals surface area contributed by atoms with Gasteiger partial charge in [0.05, 0.1) is 18.5 Å². The molecule has 3 aromatic rings. The zero-order chi connectivity index (χ0) is 20.2. The molecule has 0 bridgehead atoms. The second-order valence-electron chi connectivity index (χ2n) is 6.78. The molecule has 0 saturated heterocycles. The molecule has 0 fully saturated rings. The molecule has 7 heteroatoms. The molecule has 2 aromatic heterocycles. The highest BCUT2D eigenvalue weighted by Gasteiger charge is 2.03. The van der Waals surface area contributed by atoms with E-state index in [1.54, 1.807) is 12.5 Å². The third-order valence-corrected chi connectivity index (χ3v) is 4.53. The molecule has 0 radical (unpaired) electrons.